The standard InChI is InChI=1S/C15H23FN4O/c16-14-10-12(15(17)18)2-3-13(14)11-20-5-1-4-19(6-7-20)8-9-21/h2-3,10,21H,1,4-9,11H2,(H3,17,18). The highest BCUT2D eigenvalue weighted by molar-refractivity contribution is 5.94. The normalized spacial score (nSPS) is 17.6. The summed E-state index contributed by atoms with van der Waals surface area (Å²) in [6.45, 7) is 5.12. The zero-order valence-corrected chi connectivity index (χ0v) is 12.2. The van der Waals surface area contributed by atoms with Gasteiger partial charge in [0.05, 0.1) is 6.61 Å². The lowest BCUT2D eigenvalue weighted by molar-refractivity contribution is 0.195. The average molecular weight is 294 g/mol. The second-order valence-electron chi connectivity index (χ2n) is 5.41. The van der Waals surface area contributed by atoms with Crippen LogP contribution in [0.4, 0.5) is 4.39 Å². The molecule has 0 saturated carbocycles. The molecule has 0 unspecified atom stereocenters. The molecule has 0 atom stereocenters. The SMILES string of the molecule is N=C(N)c1ccc(CN2CCCN(CCO)CC2)c(F)c1. The van der Waals surface area contributed by atoms with Gasteiger partial charge in [-0.05, 0) is 25.6 Å². The van der Waals surface area contributed by atoms with E-state index in [-0.39, 0.29) is 18.3 Å². The predicted molar refractivity (Wildman–Crippen MR) is 80.8 cm³/mol. The van der Waals surface area contributed by atoms with Crippen molar-refractivity contribution in [3.63, 3.8) is 0 Å². The van der Waals surface area contributed by atoms with E-state index in [1.54, 1.807) is 12.1 Å². The van der Waals surface area contributed by atoms with Crippen LogP contribution in [0.15, 0.2) is 18.2 Å². The Morgan fingerprint density at radius 3 is 2.62 bits per heavy atom. The molecular formula is C15H23FN4O. The Labute approximate surface area is 124 Å². The van der Waals surface area contributed by atoms with Crippen molar-refractivity contribution in [3.8, 4) is 0 Å². The van der Waals surface area contributed by atoms with Crippen molar-refractivity contribution in [2.45, 2.75) is 13.0 Å². The second kappa shape index (κ2) is 7.49. The van der Waals surface area contributed by atoms with E-state index in [1.165, 1.54) is 6.07 Å². The molecule has 0 bridgehead atoms. The van der Waals surface area contributed by atoms with Crippen molar-refractivity contribution in [3.05, 3.63) is 35.1 Å². The molecule has 0 aliphatic carbocycles. The van der Waals surface area contributed by atoms with Gasteiger partial charge in [-0.3, -0.25) is 15.2 Å². The molecule has 2 rings (SSSR count). The van der Waals surface area contributed by atoms with Crippen molar-refractivity contribution < 1.29 is 9.50 Å². The number of nitrogen functional groups attached to an aromatic ring is 1. The van der Waals surface area contributed by atoms with Crippen LogP contribution in [0.25, 0.3) is 0 Å². The van der Waals surface area contributed by atoms with Gasteiger partial charge in [0.15, 0.2) is 0 Å². The third-order valence-corrected chi connectivity index (χ3v) is 3.86. The highest BCUT2D eigenvalue weighted by atomic mass is 19.1. The van der Waals surface area contributed by atoms with Crippen LogP contribution < -0.4 is 5.73 Å². The first kappa shape index (κ1) is 15.9. The molecule has 0 radical (unpaired) electrons. The first-order chi connectivity index (χ1) is 10.1. The Balaban J connectivity index is 1.97. The van der Waals surface area contributed by atoms with Gasteiger partial charge < -0.3 is 10.8 Å². The Kier molecular flexibility index (Phi) is 5.67. The summed E-state index contributed by atoms with van der Waals surface area (Å²) in [5.41, 5.74) is 6.41. The molecule has 1 aliphatic rings. The molecule has 1 heterocycles. The fourth-order valence-electron chi connectivity index (χ4n) is 2.63. The van der Waals surface area contributed by atoms with Gasteiger partial charge in [0.1, 0.15) is 11.7 Å². The van der Waals surface area contributed by atoms with Crippen LogP contribution in [0.1, 0.15) is 17.5 Å². The topological polar surface area (TPSA) is 76.6 Å². The van der Waals surface area contributed by atoms with Crippen LogP contribution in [0, 0.1) is 11.2 Å². The van der Waals surface area contributed by atoms with Gasteiger partial charge >= 0.3 is 0 Å². The van der Waals surface area contributed by atoms with E-state index in [4.69, 9.17) is 16.2 Å². The minimum Gasteiger partial charge on any atom is -0.395 e. The van der Waals surface area contributed by atoms with Gasteiger partial charge in [-0.1, -0.05) is 12.1 Å². The summed E-state index contributed by atoms with van der Waals surface area (Å²) in [5, 5.41) is 16.3. The van der Waals surface area contributed by atoms with E-state index >= 15 is 0 Å². The number of amidine groups is 1. The minimum atomic E-state index is -0.306. The number of β-amino-alcohol motifs (C(OH)–C–C–N with tert-alkyl or cyclic N) is 1. The molecule has 0 amide bonds. The van der Waals surface area contributed by atoms with Crippen molar-refractivity contribution in [1.82, 2.24) is 9.80 Å². The monoisotopic (exact) mass is 294 g/mol. The molecule has 116 valence electrons. The molecule has 1 aromatic rings. The lowest BCUT2D eigenvalue weighted by Crippen LogP contribution is -2.32. The Morgan fingerprint density at radius 2 is 1.95 bits per heavy atom. The van der Waals surface area contributed by atoms with Crippen molar-refractivity contribution in [1.29, 1.82) is 5.41 Å². The molecule has 1 aliphatic heterocycles. The molecule has 1 fully saturated rings. The van der Waals surface area contributed by atoms with E-state index in [9.17, 15) is 4.39 Å². The fourth-order valence-corrected chi connectivity index (χ4v) is 2.63. The maximum Gasteiger partial charge on any atom is 0.128 e. The summed E-state index contributed by atoms with van der Waals surface area (Å²) < 4.78 is 14.0. The number of hydrogen-bond acceptors (Lipinski definition) is 4. The van der Waals surface area contributed by atoms with Gasteiger partial charge in [-0.2, -0.15) is 0 Å². The van der Waals surface area contributed by atoms with Gasteiger partial charge in [0.2, 0.25) is 0 Å². The Bertz CT molecular complexity index is 495. The quantitative estimate of drug-likeness (QED) is 0.549. The molecular weight excluding hydrogens is 271 g/mol. The molecule has 6 heteroatoms. The number of benzene rings is 1. The van der Waals surface area contributed by atoms with Crippen LogP contribution >= 0.6 is 0 Å². The van der Waals surface area contributed by atoms with Gasteiger partial charge in [0, 0.05) is 37.3 Å². The maximum absolute atomic E-state index is 14.0. The summed E-state index contributed by atoms with van der Waals surface area (Å²) in [5.74, 6) is -0.422. The predicted octanol–water partition coefficient (Wildman–Crippen LogP) is 0.610. The lowest BCUT2D eigenvalue weighted by Gasteiger charge is -2.21. The van der Waals surface area contributed by atoms with E-state index in [0.29, 0.717) is 24.2 Å². The first-order valence-corrected chi connectivity index (χ1v) is 7.28. The summed E-state index contributed by atoms with van der Waals surface area (Å²) in [4.78, 5) is 4.46. The van der Waals surface area contributed by atoms with E-state index in [1.807, 2.05) is 0 Å². The van der Waals surface area contributed by atoms with E-state index in [0.717, 1.165) is 32.6 Å². The van der Waals surface area contributed by atoms with Crippen LogP contribution in [0.3, 0.4) is 0 Å². The third kappa shape index (κ3) is 4.49. The zero-order valence-electron chi connectivity index (χ0n) is 12.2. The van der Waals surface area contributed by atoms with Gasteiger partial charge in [-0.15, -0.1) is 0 Å². The zero-order chi connectivity index (χ0) is 15.2. The van der Waals surface area contributed by atoms with Crippen molar-refractivity contribution in [2.24, 2.45) is 5.73 Å². The average Bonchev–Trinajstić information content (AvgIpc) is 2.67. The highest BCUT2D eigenvalue weighted by Gasteiger charge is 2.16. The van der Waals surface area contributed by atoms with E-state index < -0.39 is 0 Å². The van der Waals surface area contributed by atoms with Crippen molar-refractivity contribution in [2.75, 3.05) is 39.3 Å². The maximum atomic E-state index is 14.0. The summed E-state index contributed by atoms with van der Waals surface area (Å²) in [7, 11) is 0. The molecule has 5 nitrogen and oxygen atoms in total. The van der Waals surface area contributed by atoms with Crippen LogP contribution in [0.2, 0.25) is 0 Å². The Hall–Kier alpha value is -1.50. The number of aliphatic hydroxyl groups is 1. The van der Waals surface area contributed by atoms with Crippen LogP contribution in [0.5, 0.6) is 0 Å². The number of rotatable bonds is 5. The number of aliphatic hydroxyl groups excluding tert-OH is 1. The minimum absolute atomic E-state index is 0.116. The van der Waals surface area contributed by atoms with Gasteiger partial charge in [-0.25, -0.2) is 4.39 Å². The van der Waals surface area contributed by atoms with Crippen LogP contribution in [-0.2, 0) is 6.54 Å². The number of nitrogens with zero attached hydrogens (tertiary/aromatic N) is 2. The number of halogens is 1. The smallest absolute Gasteiger partial charge is 0.128 e. The number of nitrogens with one attached hydrogen (secondary N) is 1. The first-order valence-electron chi connectivity index (χ1n) is 7.28. The molecule has 1 aromatic carbocycles. The Morgan fingerprint density at radius 1 is 1.24 bits per heavy atom. The number of nitrogens with two attached hydrogens (primary N) is 1. The van der Waals surface area contributed by atoms with E-state index in [2.05, 4.69) is 9.80 Å². The van der Waals surface area contributed by atoms with Gasteiger partial charge in [0.25, 0.3) is 0 Å². The largest absolute Gasteiger partial charge is 0.395 e. The molecule has 0 aromatic heterocycles. The molecule has 0 spiro atoms. The highest BCUT2D eigenvalue weighted by Crippen LogP contribution is 2.14. The molecule has 1 saturated heterocycles. The summed E-state index contributed by atoms with van der Waals surface area (Å²) in [6, 6.07) is 4.73. The lowest BCUT2D eigenvalue weighted by atomic mass is 10.1. The second-order valence-corrected chi connectivity index (χ2v) is 5.41. The molecule has 4 N–H and O–H groups in total. The van der Waals surface area contributed by atoms with Crippen LogP contribution in [-0.4, -0.2) is 60.1 Å². The van der Waals surface area contributed by atoms with Crippen molar-refractivity contribution >= 4 is 5.84 Å². The number of hydrogen-bond donors (Lipinski definition) is 3. The third-order valence-electron chi connectivity index (χ3n) is 3.86. The molecule has 21 heavy (non-hydrogen) atoms. The summed E-state index contributed by atoms with van der Waals surface area (Å²) >= 11 is 0. The fraction of sp³-hybridized carbons (Fsp3) is 0.533. The summed E-state index contributed by atoms with van der Waals surface area (Å²) in [6.07, 6.45) is 1.02.